The van der Waals surface area contributed by atoms with Crippen molar-refractivity contribution in [3.8, 4) is 0 Å². The van der Waals surface area contributed by atoms with Gasteiger partial charge in [0.15, 0.2) is 5.84 Å². The molecule has 2 aromatic carbocycles. The van der Waals surface area contributed by atoms with E-state index >= 15 is 0 Å². The highest BCUT2D eigenvalue weighted by Crippen LogP contribution is 2.35. The third-order valence-corrected chi connectivity index (χ3v) is 3.74. The number of anilines is 2. The molecule has 5 nitrogen and oxygen atoms in total. The summed E-state index contributed by atoms with van der Waals surface area (Å²) in [6.07, 6.45) is 1.71. The lowest BCUT2D eigenvalue weighted by molar-refractivity contribution is -0.110. The van der Waals surface area contributed by atoms with Crippen LogP contribution in [0, 0.1) is 6.92 Å². The van der Waals surface area contributed by atoms with Gasteiger partial charge >= 0.3 is 0 Å². The van der Waals surface area contributed by atoms with Crippen LogP contribution in [0.15, 0.2) is 59.7 Å². The molecule has 1 aliphatic heterocycles. The molecule has 0 spiro atoms. The van der Waals surface area contributed by atoms with Gasteiger partial charge in [-0.2, -0.15) is 0 Å². The second-order valence-corrected chi connectivity index (χ2v) is 5.44. The third-order valence-electron chi connectivity index (χ3n) is 3.74. The van der Waals surface area contributed by atoms with Gasteiger partial charge < -0.3 is 10.6 Å². The number of aryl methyl sites for hydroxylation is 1. The lowest BCUT2D eigenvalue weighted by Gasteiger charge is -2.18. The second kappa shape index (κ2) is 5.21. The summed E-state index contributed by atoms with van der Waals surface area (Å²) in [5.74, 6) is 0.452. The van der Waals surface area contributed by atoms with Crippen molar-refractivity contribution in [1.82, 2.24) is 4.98 Å². The first-order valence-corrected chi connectivity index (χ1v) is 7.32. The lowest BCUT2D eigenvalue weighted by Crippen LogP contribution is -2.30. The standard InChI is InChI=1S/C18H14N4O/c1-11-8-9-15(19-10-11)22-18(23)17-20-13-6-2-4-12-5-3-7-14(21-17)16(12)13/h2-10H,1H3,(H,20,21)(H,19,22,23). The highest BCUT2D eigenvalue weighted by molar-refractivity contribution is 6.48. The number of aliphatic imine (C=N–C) groups is 1. The molecular formula is C18H14N4O. The Morgan fingerprint density at radius 3 is 2.70 bits per heavy atom. The number of amides is 1. The molecule has 1 amide bonds. The summed E-state index contributed by atoms with van der Waals surface area (Å²) in [6.45, 7) is 1.95. The van der Waals surface area contributed by atoms with E-state index in [-0.39, 0.29) is 11.7 Å². The Hall–Kier alpha value is -3.21. The van der Waals surface area contributed by atoms with Crippen LogP contribution in [-0.2, 0) is 4.79 Å². The average molecular weight is 302 g/mol. The minimum atomic E-state index is -0.312. The van der Waals surface area contributed by atoms with Gasteiger partial charge in [-0.3, -0.25) is 4.79 Å². The Bertz CT molecular complexity index is 940. The predicted octanol–water partition coefficient (Wildman–Crippen LogP) is 3.64. The largest absolute Gasteiger partial charge is 0.335 e. The van der Waals surface area contributed by atoms with Crippen molar-refractivity contribution in [2.45, 2.75) is 6.92 Å². The Labute approximate surface area is 133 Å². The second-order valence-electron chi connectivity index (χ2n) is 5.44. The number of nitrogens with one attached hydrogen (secondary N) is 2. The molecule has 0 fully saturated rings. The van der Waals surface area contributed by atoms with Crippen LogP contribution in [0.1, 0.15) is 5.56 Å². The van der Waals surface area contributed by atoms with Crippen LogP contribution in [0.5, 0.6) is 0 Å². The number of nitrogens with zero attached hydrogens (tertiary/aromatic N) is 2. The van der Waals surface area contributed by atoms with Gasteiger partial charge in [-0.25, -0.2) is 9.98 Å². The summed E-state index contributed by atoms with van der Waals surface area (Å²) in [7, 11) is 0. The van der Waals surface area contributed by atoms with Crippen LogP contribution in [0.2, 0.25) is 0 Å². The zero-order valence-electron chi connectivity index (χ0n) is 12.5. The third kappa shape index (κ3) is 2.42. The molecular weight excluding hydrogens is 288 g/mol. The van der Waals surface area contributed by atoms with Gasteiger partial charge in [-0.15, -0.1) is 0 Å². The van der Waals surface area contributed by atoms with Crippen molar-refractivity contribution in [3.05, 3.63) is 60.3 Å². The molecule has 2 heterocycles. The normalized spacial score (nSPS) is 12.5. The summed E-state index contributed by atoms with van der Waals surface area (Å²) in [5, 5.41) is 7.98. The van der Waals surface area contributed by atoms with E-state index in [9.17, 15) is 4.79 Å². The molecule has 3 aromatic rings. The van der Waals surface area contributed by atoms with Crippen molar-refractivity contribution < 1.29 is 4.79 Å². The maximum atomic E-state index is 12.4. The van der Waals surface area contributed by atoms with E-state index in [0.29, 0.717) is 5.82 Å². The topological polar surface area (TPSA) is 66.4 Å². The number of benzene rings is 2. The van der Waals surface area contributed by atoms with Crippen molar-refractivity contribution in [2.24, 2.45) is 4.99 Å². The van der Waals surface area contributed by atoms with Crippen molar-refractivity contribution in [3.63, 3.8) is 0 Å². The zero-order chi connectivity index (χ0) is 15.8. The fourth-order valence-corrected chi connectivity index (χ4v) is 2.62. The molecule has 0 aliphatic carbocycles. The van der Waals surface area contributed by atoms with Crippen molar-refractivity contribution >= 4 is 39.7 Å². The number of amidine groups is 1. The average Bonchev–Trinajstić information content (AvgIpc) is 2.57. The van der Waals surface area contributed by atoms with Crippen LogP contribution < -0.4 is 10.6 Å². The molecule has 0 saturated heterocycles. The molecule has 112 valence electrons. The number of carbonyl (C=O) groups excluding carboxylic acids is 1. The molecule has 0 saturated carbocycles. The van der Waals surface area contributed by atoms with E-state index in [4.69, 9.17) is 0 Å². The van der Waals surface area contributed by atoms with E-state index < -0.39 is 0 Å². The molecule has 0 radical (unpaired) electrons. The van der Waals surface area contributed by atoms with Gasteiger partial charge in [0.1, 0.15) is 5.82 Å². The van der Waals surface area contributed by atoms with Crippen LogP contribution in [0.4, 0.5) is 17.2 Å². The molecule has 2 N–H and O–H groups in total. The maximum Gasteiger partial charge on any atom is 0.292 e. The summed E-state index contributed by atoms with van der Waals surface area (Å²) >= 11 is 0. The van der Waals surface area contributed by atoms with Gasteiger partial charge in [-0.05, 0) is 36.1 Å². The fourth-order valence-electron chi connectivity index (χ4n) is 2.62. The Morgan fingerprint density at radius 1 is 1.09 bits per heavy atom. The van der Waals surface area contributed by atoms with Crippen LogP contribution in [0.25, 0.3) is 10.8 Å². The number of carbonyl (C=O) groups is 1. The molecule has 1 aromatic heterocycles. The summed E-state index contributed by atoms with van der Waals surface area (Å²) in [5.41, 5.74) is 2.71. The monoisotopic (exact) mass is 302 g/mol. The lowest BCUT2D eigenvalue weighted by atomic mass is 10.1. The van der Waals surface area contributed by atoms with Crippen molar-refractivity contribution in [2.75, 3.05) is 10.6 Å². The number of aromatic nitrogens is 1. The maximum absolute atomic E-state index is 12.4. The van der Waals surface area contributed by atoms with Gasteiger partial charge in [0.2, 0.25) is 0 Å². The molecule has 0 bridgehead atoms. The number of pyridine rings is 1. The van der Waals surface area contributed by atoms with Gasteiger partial charge in [0.05, 0.1) is 5.69 Å². The van der Waals surface area contributed by atoms with Crippen molar-refractivity contribution in [1.29, 1.82) is 0 Å². The van der Waals surface area contributed by atoms with Gasteiger partial charge in [-0.1, -0.05) is 30.3 Å². The molecule has 5 heteroatoms. The number of hydrogen-bond donors (Lipinski definition) is 2. The van der Waals surface area contributed by atoms with Crippen LogP contribution >= 0.6 is 0 Å². The number of hydrogen-bond acceptors (Lipinski definition) is 4. The van der Waals surface area contributed by atoms with Crippen LogP contribution in [-0.4, -0.2) is 16.7 Å². The smallest absolute Gasteiger partial charge is 0.292 e. The van der Waals surface area contributed by atoms with Gasteiger partial charge in [0, 0.05) is 17.3 Å². The summed E-state index contributed by atoms with van der Waals surface area (Å²) in [6, 6.07) is 15.5. The van der Waals surface area contributed by atoms with E-state index in [1.54, 1.807) is 12.3 Å². The first-order chi connectivity index (χ1) is 11.2. The zero-order valence-corrected chi connectivity index (χ0v) is 12.5. The van der Waals surface area contributed by atoms with E-state index in [1.807, 2.05) is 49.4 Å². The highest BCUT2D eigenvalue weighted by Gasteiger charge is 2.19. The minimum Gasteiger partial charge on any atom is -0.335 e. The summed E-state index contributed by atoms with van der Waals surface area (Å²) < 4.78 is 0. The Kier molecular flexibility index (Phi) is 3.05. The first-order valence-electron chi connectivity index (χ1n) is 7.32. The van der Waals surface area contributed by atoms with Gasteiger partial charge in [0.25, 0.3) is 5.91 Å². The number of rotatable bonds is 2. The van der Waals surface area contributed by atoms with E-state index in [1.165, 1.54) is 0 Å². The Morgan fingerprint density at radius 2 is 1.91 bits per heavy atom. The van der Waals surface area contributed by atoms with Crippen LogP contribution in [0.3, 0.4) is 0 Å². The molecule has 1 aliphatic rings. The highest BCUT2D eigenvalue weighted by atomic mass is 16.2. The predicted molar refractivity (Wildman–Crippen MR) is 92.3 cm³/mol. The Balaban J connectivity index is 1.68. The molecule has 23 heavy (non-hydrogen) atoms. The SMILES string of the molecule is Cc1ccc(NC(=O)C2=Nc3cccc4cccc(c34)N2)nc1. The van der Waals surface area contributed by atoms with E-state index in [2.05, 4.69) is 20.6 Å². The summed E-state index contributed by atoms with van der Waals surface area (Å²) in [4.78, 5) is 21.1. The fraction of sp³-hybridized carbons (Fsp3) is 0.0556. The molecule has 4 rings (SSSR count). The minimum absolute atomic E-state index is 0.263. The van der Waals surface area contributed by atoms with E-state index in [0.717, 1.165) is 27.7 Å². The molecule has 0 atom stereocenters. The molecule has 0 unspecified atom stereocenters. The quantitative estimate of drug-likeness (QED) is 0.759. The first kappa shape index (κ1) is 13.5.